The highest BCUT2D eigenvalue weighted by atomic mass is 16.2. The molecule has 8 nitrogen and oxygen atoms in total. The summed E-state index contributed by atoms with van der Waals surface area (Å²) in [6.45, 7) is 3.14. The van der Waals surface area contributed by atoms with Gasteiger partial charge in [0.05, 0.1) is 5.71 Å². The fourth-order valence-electron chi connectivity index (χ4n) is 2.66. The maximum absolute atomic E-state index is 12.0. The van der Waals surface area contributed by atoms with Gasteiger partial charge in [0.2, 0.25) is 5.91 Å². The molecular formula is C22H21N5O3. The molecule has 0 aliphatic heterocycles. The van der Waals surface area contributed by atoms with Crippen LogP contribution in [0.4, 0.5) is 11.4 Å². The number of nitrogens with one attached hydrogen (secondary N) is 3. The molecular weight excluding hydrogens is 382 g/mol. The Morgan fingerprint density at radius 2 is 1.33 bits per heavy atom. The molecule has 3 amide bonds. The molecule has 0 bridgehead atoms. The third-order valence-corrected chi connectivity index (χ3v) is 4.18. The van der Waals surface area contributed by atoms with Crippen LogP contribution in [0.25, 0.3) is 5.69 Å². The van der Waals surface area contributed by atoms with E-state index in [1.54, 1.807) is 31.2 Å². The lowest BCUT2D eigenvalue weighted by Crippen LogP contribution is -2.32. The monoisotopic (exact) mass is 403 g/mol. The largest absolute Gasteiger partial charge is 0.329 e. The van der Waals surface area contributed by atoms with Crippen LogP contribution in [0, 0.1) is 0 Å². The zero-order valence-corrected chi connectivity index (χ0v) is 16.5. The van der Waals surface area contributed by atoms with Gasteiger partial charge in [-0.15, -0.1) is 0 Å². The highest BCUT2D eigenvalue weighted by Crippen LogP contribution is 2.13. The molecule has 0 unspecified atom stereocenters. The molecule has 8 heteroatoms. The standard InChI is InChI=1S/C22H21N5O3/c1-15(17-5-11-20(12-6-17)27-13-3-4-14-27)25-26-22(30)21(29)24-19-9-7-18(8-10-19)23-16(2)28/h3-14H,1-2H3,(H,23,28)(H,24,29)(H,26,30). The Kier molecular flexibility index (Phi) is 6.39. The summed E-state index contributed by atoms with van der Waals surface area (Å²) in [6.07, 6.45) is 3.89. The molecule has 0 saturated carbocycles. The molecule has 30 heavy (non-hydrogen) atoms. The average molecular weight is 403 g/mol. The van der Waals surface area contributed by atoms with Crippen molar-refractivity contribution >= 4 is 34.8 Å². The van der Waals surface area contributed by atoms with Crippen LogP contribution in [0.15, 0.2) is 78.2 Å². The van der Waals surface area contributed by atoms with E-state index >= 15 is 0 Å². The van der Waals surface area contributed by atoms with Gasteiger partial charge in [-0.25, -0.2) is 5.43 Å². The first-order chi connectivity index (χ1) is 14.4. The number of carbonyl (C=O) groups excluding carboxylic acids is 3. The molecule has 3 N–H and O–H groups in total. The van der Waals surface area contributed by atoms with Crippen molar-refractivity contribution in [2.75, 3.05) is 10.6 Å². The van der Waals surface area contributed by atoms with Crippen molar-refractivity contribution in [3.63, 3.8) is 0 Å². The van der Waals surface area contributed by atoms with Crippen LogP contribution in [0.2, 0.25) is 0 Å². The number of aromatic nitrogens is 1. The third-order valence-electron chi connectivity index (χ3n) is 4.18. The number of carbonyl (C=O) groups is 3. The zero-order valence-electron chi connectivity index (χ0n) is 16.5. The Morgan fingerprint density at radius 3 is 1.90 bits per heavy atom. The minimum absolute atomic E-state index is 0.196. The van der Waals surface area contributed by atoms with Crippen LogP contribution < -0.4 is 16.1 Å². The van der Waals surface area contributed by atoms with Gasteiger partial charge in [0.15, 0.2) is 0 Å². The van der Waals surface area contributed by atoms with Gasteiger partial charge in [-0.2, -0.15) is 5.10 Å². The van der Waals surface area contributed by atoms with Crippen LogP contribution in [0.5, 0.6) is 0 Å². The molecule has 0 aliphatic carbocycles. The van der Waals surface area contributed by atoms with Crippen LogP contribution in [0.1, 0.15) is 19.4 Å². The molecule has 2 aromatic carbocycles. The highest BCUT2D eigenvalue weighted by Gasteiger charge is 2.13. The first kappa shape index (κ1) is 20.5. The lowest BCUT2D eigenvalue weighted by molar-refractivity contribution is -0.136. The number of hydrogen-bond acceptors (Lipinski definition) is 4. The van der Waals surface area contributed by atoms with Crippen molar-refractivity contribution in [3.05, 3.63) is 78.6 Å². The number of hydrazone groups is 1. The van der Waals surface area contributed by atoms with Gasteiger partial charge in [-0.3, -0.25) is 14.4 Å². The van der Waals surface area contributed by atoms with E-state index in [9.17, 15) is 14.4 Å². The summed E-state index contributed by atoms with van der Waals surface area (Å²) >= 11 is 0. The Bertz CT molecular complexity index is 1070. The molecule has 3 aromatic rings. The lowest BCUT2D eigenvalue weighted by atomic mass is 10.1. The number of benzene rings is 2. The molecule has 0 aliphatic rings. The third kappa shape index (κ3) is 5.41. The fourth-order valence-corrected chi connectivity index (χ4v) is 2.66. The van der Waals surface area contributed by atoms with Gasteiger partial charge in [-0.1, -0.05) is 12.1 Å². The smallest absolute Gasteiger partial charge is 0.326 e. The second-order valence-corrected chi connectivity index (χ2v) is 6.49. The van der Waals surface area contributed by atoms with Crippen LogP contribution in [0.3, 0.4) is 0 Å². The second kappa shape index (κ2) is 9.33. The van der Waals surface area contributed by atoms with E-state index in [1.165, 1.54) is 6.92 Å². The van der Waals surface area contributed by atoms with E-state index in [1.807, 2.05) is 53.4 Å². The quantitative estimate of drug-likeness (QED) is 0.347. The summed E-state index contributed by atoms with van der Waals surface area (Å²) in [5.41, 5.74) is 5.66. The van der Waals surface area contributed by atoms with E-state index in [0.29, 0.717) is 17.1 Å². The summed E-state index contributed by atoms with van der Waals surface area (Å²) in [4.78, 5) is 35.1. The average Bonchev–Trinajstić information content (AvgIpc) is 3.28. The van der Waals surface area contributed by atoms with Crippen LogP contribution in [-0.4, -0.2) is 28.0 Å². The number of nitrogens with zero attached hydrogens (tertiary/aromatic N) is 2. The van der Waals surface area contributed by atoms with Gasteiger partial charge in [0.25, 0.3) is 0 Å². The predicted molar refractivity (Wildman–Crippen MR) is 115 cm³/mol. The normalized spacial score (nSPS) is 10.9. The van der Waals surface area contributed by atoms with Crippen molar-refractivity contribution in [1.29, 1.82) is 0 Å². The van der Waals surface area contributed by atoms with Crippen molar-refractivity contribution < 1.29 is 14.4 Å². The minimum Gasteiger partial charge on any atom is -0.326 e. The number of hydrogen-bond donors (Lipinski definition) is 3. The molecule has 1 heterocycles. The number of amides is 3. The highest BCUT2D eigenvalue weighted by molar-refractivity contribution is 6.39. The summed E-state index contributed by atoms with van der Waals surface area (Å²) in [7, 11) is 0. The molecule has 152 valence electrons. The maximum Gasteiger partial charge on any atom is 0.329 e. The Morgan fingerprint density at radius 1 is 0.767 bits per heavy atom. The minimum atomic E-state index is -0.885. The van der Waals surface area contributed by atoms with Gasteiger partial charge < -0.3 is 15.2 Å². The van der Waals surface area contributed by atoms with Crippen molar-refractivity contribution in [2.24, 2.45) is 5.10 Å². The van der Waals surface area contributed by atoms with E-state index in [4.69, 9.17) is 0 Å². The summed E-state index contributed by atoms with van der Waals surface area (Å²) < 4.78 is 1.98. The summed E-state index contributed by atoms with van der Waals surface area (Å²) in [5, 5.41) is 9.09. The van der Waals surface area contributed by atoms with Gasteiger partial charge in [0, 0.05) is 36.4 Å². The first-order valence-electron chi connectivity index (χ1n) is 9.19. The van der Waals surface area contributed by atoms with E-state index in [-0.39, 0.29) is 5.91 Å². The first-order valence-corrected chi connectivity index (χ1v) is 9.19. The predicted octanol–water partition coefficient (Wildman–Crippen LogP) is 2.91. The van der Waals surface area contributed by atoms with E-state index in [2.05, 4.69) is 21.2 Å². The lowest BCUT2D eigenvalue weighted by Gasteiger charge is -2.07. The van der Waals surface area contributed by atoms with Crippen molar-refractivity contribution in [2.45, 2.75) is 13.8 Å². The maximum atomic E-state index is 12.0. The molecule has 1 aromatic heterocycles. The molecule has 0 saturated heterocycles. The SMILES string of the molecule is CC(=O)Nc1ccc(NC(=O)C(=O)NN=C(C)c2ccc(-n3cccc3)cc2)cc1. The number of anilines is 2. The molecule has 0 atom stereocenters. The van der Waals surface area contributed by atoms with Crippen molar-refractivity contribution in [1.82, 2.24) is 9.99 Å². The van der Waals surface area contributed by atoms with Gasteiger partial charge in [-0.05, 0) is 61.0 Å². The summed E-state index contributed by atoms with van der Waals surface area (Å²) in [5.74, 6) is -1.93. The Hall–Kier alpha value is -4.20. The topological polar surface area (TPSA) is 105 Å². The Balaban J connectivity index is 1.56. The van der Waals surface area contributed by atoms with Crippen LogP contribution >= 0.6 is 0 Å². The molecule has 0 fully saturated rings. The summed E-state index contributed by atoms with van der Waals surface area (Å²) in [6, 6.07) is 17.9. The van der Waals surface area contributed by atoms with Gasteiger partial charge >= 0.3 is 11.8 Å². The van der Waals surface area contributed by atoms with Crippen molar-refractivity contribution in [3.8, 4) is 5.69 Å². The molecule has 0 spiro atoms. The van der Waals surface area contributed by atoms with E-state index in [0.717, 1.165) is 11.3 Å². The van der Waals surface area contributed by atoms with Gasteiger partial charge in [0.1, 0.15) is 0 Å². The number of rotatable bonds is 5. The molecule has 3 rings (SSSR count). The molecule has 0 radical (unpaired) electrons. The zero-order chi connectivity index (χ0) is 21.5. The Labute approximate surface area is 173 Å². The van der Waals surface area contributed by atoms with Crippen LogP contribution in [-0.2, 0) is 14.4 Å². The van der Waals surface area contributed by atoms with E-state index < -0.39 is 11.8 Å². The second-order valence-electron chi connectivity index (χ2n) is 6.49. The fraction of sp³-hybridized carbons (Fsp3) is 0.0909.